The van der Waals surface area contributed by atoms with E-state index in [-0.39, 0.29) is 0 Å². The molecule has 1 fully saturated rings. The van der Waals surface area contributed by atoms with Crippen molar-refractivity contribution in [1.29, 1.82) is 0 Å². The largest absolute Gasteiger partial charge is 0.298 e. The van der Waals surface area contributed by atoms with Crippen LogP contribution in [0.3, 0.4) is 0 Å². The Morgan fingerprint density at radius 2 is 1.82 bits per heavy atom. The molecule has 0 saturated carbocycles. The molecule has 1 aromatic carbocycles. The van der Waals surface area contributed by atoms with Crippen LogP contribution in [0.25, 0.3) is 0 Å². The Labute approximate surface area is 138 Å². The molecule has 1 heterocycles. The molecular weight excluding hydrogens is 268 g/mol. The first-order chi connectivity index (χ1) is 10.5. The van der Waals surface area contributed by atoms with E-state index in [9.17, 15) is 0 Å². The minimum atomic E-state index is 0.519. The normalized spacial score (nSPS) is 21.4. The molecule has 126 valence electrons. The number of hydrogen-bond acceptors (Lipinski definition) is 2. The molecule has 0 unspecified atom stereocenters. The predicted octanol–water partition coefficient (Wildman–Crippen LogP) is 4.75. The number of benzene rings is 1. The lowest BCUT2D eigenvalue weighted by atomic mass is 10.00. The van der Waals surface area contributed by atoms with Crippen molar-refractivity contribution in [3.63, 3.8) is 0 Å². The molecule has 1 saturated heterocycles. The van der Waals surface area contributed by atoms with Crippen molar-refractivity contribution in [3.05, 3.63) is 35.4 Å². The van der Waals surface area contributed by atoms with Crippen LogP contribution < -0.4 is 0 Å². The number of aryl methyl sites for hydroxylation is 1. The summed E-state index contributed by atoms with van der Waals surface area (Å²) in [5.74, 6) is 0. The van der Waals surface area contributed by atoms with Crippen LogP contribution in [0.2, 0.25) is 0 Å². The highest BCUT2D eigenvalue weighted by Crippen LogP contribution is 2.26. The summed E-state index contributed by atoms with van der Waals surface area (Å²) >= 11 is 0. The maximum atomic E-state index is 2.66. The highest BCUT2D eigenvalue weighted by atomic mass is 15.3. The molecule has 0 N–H and O–H groups in total. The van der Waals surface area contributed by atoms with Crippen LogP contribution in [0, 0.1) is 0 Å². The third-order valence-electron chi connectivity index (χ3n) is 4.78. The standard InChI is InChI=1S/C18H30N2.C2H6/c1-6-17-8-7-9-18(12-17)16(5)20-11-10-19(14(2)3)13-15(20)4;1-2/h7-9,12,14-16H,6,10-11,13H2,1-5H3;1-2H3/t15-,16+;/m1./s1. The van der Waals surface area contributed by atoms with E-state index in [0.717, 1.165) is 6.42 Å². The maximum Gasteiger partial charge on any atom is 0.0323 e. The third kappa shape index (κ3) is 4.82. The Morgan fingerprint density at radius 1 is 1.14 bits per heavy atom. The second-order valence-corrected chi connectivity index (χ2v) is 6.45. The lowest BCUT2D eigenvalue weighted by Crippen LogP contribution is -2.54. The minimum Gasteiger partial charge on any atom is -0.298 e. The molecule has 2 rings (SSSR count). The second kappa shape index (κ2) is 9.32. The van der Waals surface area contributed by atoms with Gasteiger partial charge in [-0.15, -0.1) is 0 Å². The van der Waals surface area contributed by atoms with Crippen LogP contribution in [-0.4, -0.2) is 41.5 Å². The minimum absolute atomic E-state index is 0.519. The first-order valence-electron chi connectivity index (χ1n) is 9.11. The molecule has 0 aliphatic carbocycles. The predicted molar refractivity (Wildman–Crippen MR) is 98.5 cm³/mol. The molecule has 0 radical (unpaired) electrons. The zero-order valence-corrected chi connectivity index (χ0v) is 15.8. The molecule has 1 aliphatic rings. The second-order valence-electron chi connectivity index (χ2n) is 6.45. The Kier molecular flexibility index (Phi) is 8.13. The zero-order chi connectivity index (χ0) is 16.7. The summed E-state index contributed by atoms with van der Waals surface area (Å²) in [5.41, 5.74) is 2.91. The molecule has 0 bridgehead atoms. The van der Waals surface area contributed by atoms with E-state index in [1.807, 2.05) is 13.8 Å². The number of nitrogens with zero attached hydrogens (tertiary/aromatic N) is 2. The van der Waals surface area contributed by atoms with Crippen LogP contribution in [0.1, 0.15) is 65.6 Å². The van der Waals surface area contributed by atoms with Crippen molar-refractivity contribution in [2.75, 3.05) is 19.6 Å². The van der Waals surface area contributed by atoms with Crippen LogP contribution >= 0.6 is 0 Å². The average Bonchev–Trinajstić information content (AvgIpc) is 2.56. The topological polar surface area (TPSA) is 6.48 Å². The molecule has 0 spiro atoms. The van der Waals surface area contributed by atoms with Crippen LogP contribution in [0.15, 0.2) is 24.3 Å². The van der Waals surface area contributed by atoms with E-state index in [2.05, 4.69) is 68.7 Å². The highest BCUT2D eigenvalue weighted by molar-refractivity contribution is 5.26. The van der Waals surface area contributed by atoms with Crippen LogP contribution in [-0.2, 0) is 6.42 Å². The van der Waals surface area contributed by atoms with Gasteiger partial charge in [-0.3, -0.25) is 9.80 Å². The third-order valence-corrected chi connectivity index (χ3v) is 4.78. The smallest absolute Gasteiger partial charge is 0.0323 e. The van der Waals surface area contributed by atoms with Gasteiger partial charge in [0.1, 0.15) is 0 Å². The van der Waals surface area contributed by atoms with Gasteiger partial charge in [0, 0.05) is 37.8 Å². The van der Waals surface area contributed by atoms with Gasteiger partial charge in [0.05, 0.1) is 0 Å². The molecule has 0 amide bonds. The van der Waals surface area contributed by atoms with E-state index in [1.54, 1.807) is 0 Å². The Morgan fingerprint density at radius 3 is 2.36 bits per heavy atom. The summed E-state index contributed by atoms with van der Waals surface area (Å²) < 4.78 is 0. The molecule has 1 aromatic rings. The molecular formula is C20H36N2. The molecule has 2 nitrogen and oxygen atoms in total. The van der Waals surface area contributed by atoms with E-state index in [4.69, 9.17) is 0 Å². The van der Waals surface area contributed by atoms with Crippen LogP contribution in [0.5, 0.6) is 0 Å². The SMILES string of the molecule is CC.CCc1cccc([C@H](C)N2CCN(C(C)C)C[C@H]2C)c1. The lowest BCUT2D eigenvalue weighted by Gasteiger charge is -2.44. The fraction of sp³-hybridized carbons (Fsp3) is 0.700. The molecule has 2 heteroatoms. The lowest BCUT2D eigenvalue weighted by molar-refractivity contribution is 0.0393. The van der Waals surface area contributed by atoms with Gasteiger partial charge in [-0.25, -0.2) is 0 Å². The zero-order valence-electron chi connectivity index (χ0n) is 15.8. The first kappa shape index (κ1) is 19.2. The van der Waals surface area contributed by atoms with Crippen molar-refractivity contribution < 1.29 is 0 Å². The number of hydrogen-bond donors (Lipinski definition) is 0. The quantitative estimate of drug-likeness (QED) is 0.792. The fourth-order valence-electron chi connectivity index (χ4n) is 3.31. The molecule has 1 aliphatic heterocycles. The van der Waals surface area contributed by atoms with Crippen molar-refractivity contribution in [2.24, 2.45) is 0 Å². The Bertz CT molecular complexity index is 427. The van der Waals surface area contributed by atoms with E-state index in [1.165, 1.54) is 30.8 Å². The summed E-state index contributed by atoms with van der Waals surface area (Å²) in [5, 5.41) is 0. The maximum absolute atomic E-state index is 2.66. The van der Waals surface area contributed by atoms with Gasteiger partial charge < -0.3 is 0 Å². The number of rotatable bonds is 4. The van der Waals surface area contributed by atoms with Gasteiger partial charge in [0.2, 0.25) is 0 Å². The summed E-state index contributed by atoms with van der Waals surface area (Å²) in [6.45, 7) is 19.1. The number of piperazine rings is 1. The highest BCUT2D eigenvalue weighted by Gasteiger charge is 2.28. The van der Waals surface area contributed by atoms with Crippen molar-refractivity contribution in [1.82, 2.24) is 9.80 Å². The molecule has 22 heavy (non-hydrogen) atoms. The van der Waals surface area contributed by atoms with Gasteiger partial charge in [-0.05, 0) is 45.2 Å². The Balaban J connectivity index is 0.00000116. The molecule has 0 aromatic heterocycles. The monoisotopic (exact) mass is 304 g/mol. The Hall–Kier alpha value is -0.860. The first-order valence-corrected chi connectivity index (χ1v) is 9.11. The van der Waals surface area contributed by atoms with Gasteiger partial charge in [0.15, 0.2) is 0 Å². The van der Waals surface area contributed by atoms with E-state index in [0.29, 0.717) is 18.1 Å². The molecule has 2 atom stereocenters. The summed E-state index contributed by atoms with van der Waals surface area (Å²) in [7, 11) is 0. The van der Waals surface area contributed by atoms with Gasteiger partial charge in [-0.2, -0.15) is 0 Å². The van der Waals surface area contributed by atoms with Gasteiger partial charge in [-0.1, -0.05) is 45.0 Å². The van der Waals surface area contributed by atoms with Crippen molar-refractivity contribution in [2.45, 2.75) is 73.0 Å². The van der Waals surface area contributed by atoms with Crippen molar-refractivity contribution in [3.8, 4) is 0 Å². The summed E-state index contributed by atoms with van der Waals surface area (Å²) in [4.78, 5) is 5.25. The van der Waals surface area contributed by atoms with Gasteiger partial charge in [0.25, 0.3) is 0 Å². The fourth-order valence-corrected chi connectivity index (χ4v) is 3.31. The van der Waals surface area contributed by atoms with Crippen molar-refractivity contribution >= 4 is 0 Å². The van der Waals surface area contributed by atoms with Gasteiger partial charge >= 0.3 is 0 Å². The van der Waals surface area contributed by atoms with Crippen LogP contribution in [0.4, 0.5) is 0 Å². The summed E-state index contributed by atoms with van der Waals surface area (Å²) in [6.07, 6.45) is 1.12. The van der Waals surface area contributed by atoms with E-state index < -0.39 is 0 Å². The average molecular weight is 305 g/mol. The summed E-state index contributed by atoms with van der Waals surface area (Å²) in [6, 6.07) is 10.9. The van der Waals surface area contributed by atoms with E-state index >= 15 is 0 Å².